The van der Waals surface area contributed by atoms with Crippen molar-refractivity contribution in [3.63, 3.8) is 0 Å². The van der Waals surface area contributed by atoms with E-state index in [9.17, 15) is 4.79 Å². The molecule has 2 amide bonds. The van der Waals surface area contributed by atoms with Crippen LogP contribution >= 0.6 is 28.7 Å². The van der Waals surface area contributed by atoms with Gasteiger partial charge in [-0.3, -0.25) is 4.31 Å². The van der Waals surface area contributed by atoms with Crippen molar-refractivity contribution in [3.05, 3.63) is 10.6 Å². The maximum absolute atomic E-state index is 11.5. The Bertz CT molecular complexity index is 260. The number of carbonyl (C=O) groups is 1. The first-order chi connectivity index (χ1) is 7.16. The smallest absolute Gasteiger partial charge is 0.327 e. The van der Waals surface area contributed by atoms with Crippen LogP contribution in [0.3, 0.4) is 0 Å². The van der Waals surface area contributed by atoms with Crippen LogP contribution in [0.1, 0.15) is 19.3 Å². The maximum atomic E-state index is 11.5. The number of hydrogen-bond acceptors (Lipinski definition) is 3. The maximum Gasteiger partial charge on any atom is 0.327 e. The number of hydrogen-bond donors (Lipinski definition) is 3. The molecule has 0 saturated carbocycles. The molecule has 1 unspecified atom stereocenters. The molecule has 0 radical (unpaired) electrons. The Kier molecular flexibility index (Phi) is 5.49. The van der Waals surface area contributed by atoms with Crippen molar-refractivity contribution >= 4 is 34.8 Å². The zero-order valence-electron chi connectivity index (χ0n) is 8.32. The molecule has 0 heterocycles. The molecule has 0 bridgehead atoms. The van der Waals surface area contributed by atoms with Gasteiger partial charge in [-0.2, -0.15) is 0 Å². The molecule has 1 rings (SSSR count). The van der Waals surface area contributed by atoms with E-state index >= 15 is 0 Å². The van der Waals surface area contributed by atoms with Crippen molar-refractivity contribution in [2.24, 2.45) is 0 Å². The second-order valence-electron chi connectivity index (χ2n) is 3.34. The van der Waals surface area contributed by atoms with Crippen LogP contribution in [0.2, 0.25) is 0 Å². The van der Waals surface area contributed by atoms with Gasteiger partial charge in [-0.25, -0.2) is 4.79 Å². The lowest BCUT2D eigenvalue weighted by Gasteiger charge is -2.29. The number of amides is 2. The summed E-state index contributed by atoms with van der Waals surface area (Å²) in [5, 5.41) is 11.1. The summed E-state index contributed by atoms with van der Waals surface area (Å²) in [6.07, 6.45) is 5.07. The van der Waals surface area contributed by atoms with E-state index < -0.39 is 0 Å². The second kappa shape index (κ2) is 6.40. The fourth-order valence-corrected chi connectivity index (χ4v) is 2.58. The first-order valence-electron chi connectivity index (χ1n) is 4.89. The van der Waals surface area contributed by atoms with Gasteiger partial charge in [-0.1, -0.05) is 34.8 Å². The van der Waals surface area contributed by atoms with Crippen LogP contribution < -0.4 is 5.32 Å². The molecule has 86 valence electrons. The summed E-state index contributed by atoms with van der Waals surface area (Å²) in [5.74, 6) is 0. The zero-order chi connectivity index (χ0) is 11.3. The lowest BCUT2D eigenvalue weighted by Crippen LogP contribution is -2.42. The highest BCUT2D eigenvalue weighted by molar-refractivity contribution is 9.11. The van der Waals surface area contributed by atoms with Gasteiger partial charge in [-0.05, 0) is 19.3 Å². The fraction of sp³-hybridized carbons (Fsp3) is 0.667. The van der Waals surface area contributed by atoms with E-state index in [2.05, 4.69) is 40.1 Å². The second-order valence-corrected chi connectivity index (χ2v) is 4.68. The predicted molar refractivity (Wildman–Crippen MR) is 66.0 cm³/mol. The molecular formula is C9H15BrN2O2S. The van der Waals surface area contributed by atoms with E-state index in [4.69, 9.17) is 5.11 Å². The average Bonchev–Trinajstić information content (AvgIpc) is 2.25. The van der Waals surface area contributed by atoms with E-state index in [1.165, 1.54) is 4.31 Å². The fourth-order valence-electron chi connectivity index (χ4n) is 1.45. The van der Waals surface area contributed by atoms with Crippen LogP contribution in [-0.2, 0) is 0 Å². The summed E-state index contributed by atoms with van der Waals surface area (Å²) in [7, 11) is 0. The molecule has 0 aromatic rings. The molecule has 0 spiro atoms. The molecule has 15 heavy (non-hydrogen) atoms. The average molecular weight is 295 g/mol. The van der Waals surface area contributed by atoms with Crippen LogP contribution in [0.5, 0.6) is 0 Å². The van der Waals surface area contributed by atoms with Gasteiger partial charge in [0.05, 0.1) is 12.6 Å². The highest BCUT2D eigenvalue weighted by Gasteiger charge is 2.24. The van der Waals surface area contributed by atoms with Crippen molar-refractivity contribution in [3.8, 4) is 0 Å². The molecule has 0 aliphatic heterocycles. The molecule has 0 aromatic heterocycles. The van der Waals surface area contributed by atoms with Crippen molar-refractivity contribution in [2.45, 2.75) is 25.3 Å². The van der Waals surface area contributed by atoms with Gasteiger partial charge in [0, 0.05) is 11.0 Å². The lowest BCUT2D eigenvalue weighted by molar-refractivity contribution is 0.213. The SMILES string of the molecule is O=C(NCCO)N(S)C1CCCC=C1Br. The number of nitrogens with zero attached hydrogens (tertiary/aromatic N) is 1. The standard InChI is InChI=1S/C9H15BrN2O2S/c10-7-3-1-2-4-8(7)12(15)9(14)11-5-6-13/h3,8,13,15H,1-2,4-6H2,(H,11,14). The molecule has 0 aromatic carbocycles. The predicted octanol–water partition coefficient (Wildman–Crippen LogP) is 1.67. The van der Waals surface area contributed by atoms with Crippen LogP contribution in [0.25, 0.3) is 0 Å². The van der Waals surface area contributed by atoms with Crippen LogP contribution in [0, 0.1) is 0 Å². The van der Waals surface area contributed by atoms with Gasteiger partial charge < -0.3 is 10.4 Å². The van der Waals surface area contributed by atoms with Crippen LogP contribution in [-0.4, -0.2) is 34.6 Å². The molecule has 0 saturated heterocycles. The summed E-state index contributed by atoms with van der Waals surface area (Å²) < 4.78 is 2.37. The number of rotatable bonds is 3. The number of allylic oxidation sites excluding steroid dienone is 1. The molecular weight excluding hydrogens is 280 g/mol. The van der Waals surface area contributed by atoms with E-state index in [1.54, 1.807) is 0 Å². The lowest BCUT2D eigenvalue weighted by atomic mass is 10.0. The van der Waals surface area contributed by atoms with Gasteiger partial charge in [0.2, 0.25) is 0 Å². The minimum absolute atomic E-state index is 0.000719. The van der Waals surface area contributed by atoms with Crippen molar-refractivity contribution in [1.82, 2.24) is 9.62 Å². The summed E-state index contributed by atoms with van der Waals surface area (Å²) in [4.78, 5) is 11.5. The zero-order valence-corrected chi connectivity index (χ0v) is 10.8. The largest absolute Gasteiger partial charge is 0.395 e. The first-order valence-corrected chi connectivity index (χ1v) is 6.08. The Morgan fingerprint density at radius 3 is 3.13 bits per heavy atom. The van der Waals surface area contributed by atoms with Gasteiger partial charge >= 0.3 is 6.03 Å². The van der Waals surface area contributed by atoms with Crippen molar-refractivity contribution in [1.29, 1.82) is 0 Å². The molecule has 1 aliphatic carbocycles. The Hall–Kier alpha value is -0.200. The molecule has 6 heteroatoms. The molecule has 4 nitrogen and oxygen atoms in total. The third kappa shape index (κ3) is 3.70. The quantitative estimate of drug-likeness (QED) is 0.694. The van der Waals surface area contributed by atoms with Gasteiger partial charge in [0.15, 0.2) is 0 Å². The van der Waals surface area contributed by atoms with Crippen LogP contribution in [0.4, 0.5) is 4.79 Å². The monoisotopic (exact) mass is 294 g/mol. The van der Waals surface area contributed by atoms with Gasteiger partial charge in [-0.15, -0.1) is 0 Å². The van der Waals surface area contributed by atoms with Gasteiger partial charge in [0.1, 0.15) is 0 Å². The van der Waals surface area contributed by atoms with E-state index in [0.29, 0.717) is 0 Å². The highest BCUT2D eigenvalue weighted by Crippen LogP contribution is 2.28. The highest BCUT2D eigenvalue weighted by atomic mass is 79.9. The minimum atomic E-state index is -0.273. The number of urea groups is 1. The topological polar surface area (TPSA) is 52.6 Å². The Balaban J connectivity index is 2.51. The normalized spacial score (nSPS) is 20.7. The van der Waals surface area contributed by atoms with E-state index in [1.807, 2.05) is 0 Å². The molecule has 1 aliphatic rings. The van der Waals surface area contributed by atoms with Gasteiger partial charge in [0.25, 0.3) is 0 Å². The molecule has 2 N–H and O–H groups in total. The van der Waals surface area contributed by atoms with Crippen molar-refractivity contribution < 1.29 is 9.90 Å². The summed E-state index contributed by atoms with van der Waals surface area (Å²) >= 11 is 7.60. The van der Waals surface area contributed by atoms with E-state index in [-0.39, 0.29) is 25.2 Å². The van der Waals surface area contributed by atoms with Crippen LogP contribution in [0.15, 0.2) is 10.6 Å². The Labute approximate surface area is 103 Å². The number of thiol groups is 1. The molecule has 1 atom stereocenters. The minimum Gasteiger partial charge on any atom is -0.395 e. The first kappa shape index (κ1) is 12.9. The number of carbonyl (C=O) groups excluding carboxylic acids is 1. The summed E-state index contributed by atoms with van der Waals surface area (Å²) in [6, 6.07) is -0.273. The number of aliphatic hydroxyl groups excluding tert-OH is 1. The van der Waals surface area contributed by atoms with Crippen molar-refractivity contribution in [2.75, 3.05) is 13.2 Å². The Morgan fingerprint density at radius 1 is 1.80 bits per heavy atom. The van der Waals surface area contributed by atoms with E-state index in [0.717, 1.165) is 23.7 Å². The summed E-state index contributed by atoms with van der Waals surface area (Å²) in [5.41, 5.74) is 0. The third-order valence-electron chi connectivity index (χ3n) is 2.23. The summed E-state index contributed by atoms with van der Waals surface area (Å²) in [6.45, 7) is 0.193. The number of nitrogens with one attached hydrogen (secondary N) is 1. The number of halogens is 1. The Morgan fingerprint density at radius 2 is 2.53 bits per heavy atom. The number of aliphatic hydroxyl groups is 1. The third-order valence-corrected chi connectivity index (χ3v) is 3.54. The molecule has 0 fully saturated rings.